The third-order valence-corrected chi connectivity index (χ3v) is 3.05. The maximum Gasteiger partial charge on any atom is 0.128 e. The summed E-state index contributed by atoms with van der Waals surface area (Å²) in [4.78, 5) is 0. The molecule has 13 heavy (non-hydrogen) atoms. The topological polar surface area (TPSA) is 70.1 Å². The summed E-state index contributed by atoms with van der Waals surface area (Å²) in [5, 5.41) is 17.5. The Balaban J connectivity index is 2.31. The number of aliphatic hydroxyl groups is 1. The molecule has 2 aliphatic carbocycles. The molecule has 0 amide bonds. The smallest absolute Gasteiger partial charge is 0.128 e. The van der Waals surface area contributed by atoms with Crippen molar-refractivity contribution >= 4 is 5.84 Å². The predicted molar refractivity (Wildman–Crippen MR) is 50.0 cm³/mol. The standard InChI is InChI=1S/C10H13N2O/c11-9(12)10(13)6-5-7-3-1-2-4-8(7)10/h2-4,7-8,13H,5-6H2,(H3,11,12). The zero-order valence-electron chi connectivity index (χ0n) is 7.33. The van der Waals surface area contributed by atoms with E-state index < -0.39 is 5.60 Å². The predicted octanol–water partition coefficient (Wildman–Crippen LogP) is 0.609. The van der Waals surface area contributed by atoms with Gasteiger partial charge in [0, 0.05) is 5.92 Å². The van der Waals surface area contributed by atoms with Gasteiger partial charge in [-0.15, -0.1) is 0 Å². The molecule has 1 radical (unpaired) electrons. The van der Waals surface area contributed by atoms with Crippen molar-refractivity contribution in [2.75, 3.05) is 0 Å². The van der Waals surface area contributed by atoms with E-state index in [1.807, 2.05) is 12.2 Å². The number of fused-ring (bicyclic) bond motifs is 1. The Morgan fingerprint density at radius 2 is 2.46 bits per heavy atom. The van der Waals surface area contributed by atoms with Crippen molar-refractivity contribution in [1.82, 2.24) is 0 Å². The van der Waals surface area contributed by atoms with E-state index in [0.29, 0.717) is 12.3 Å². The van der Waals surface area contributed by atoms with E-state index in [4.69, 9.17) is 11.1 Å². The lowest BCUT2D eigenvalue weighted by Gasteiger charge is -2.29. The van der Waals surface area contributed by atoms with E-state index in [-0.39, 0.29) is 11.8 Å². The normalized spacial score (nSPS) is 41.9. The average molecular weight is 177 g/mol. The van der Waals surface area contributed by atoms with Crippen LogP contribution in [0.3, 0.4) is 0 Å². The van der Waals surface area contributed by atoms with Crippen LogP contribution in [0.15, 0.2) is 18.2 Å². The van der Waals surface area contributed by atoms with E-state index >= 15 is 0 Å². The highest BCUT2D eigenvalue weighted by atomic mass is 16.3. The number of hydrogen-bond donors (Lipinski definition) is 3. The van der Waals surface area contributed by atoms with Gasteiger partial charge >= 0.3 is 0 Å². The lowest BCUT2D eigenvalue weighted by Crippen LogP contribution is -2.46. The highest BCUT2D eigenvalue weighted by molar-refractivity contribution is 5.87. The number of nitrogens with two attached hydrogens (primary N) is 1. The Morgan fingerprint density at radius 1 is 1.69 bits per heavy atom. The fourth-order valence-electron chi connectivity index (χ4n) is 2.23. The molecule has 0 aromatic rings. The second-order valence-electron chi connectivity index (χ2n) is 3.76. The second kappa shape index (κ2) is 2.70. The lowest BCUT2D eigenvalue weighted by atomic mass is 9.82. The van der Waals surface area contributed by atoms with Crippen molar-refractivity contribution in [1.29, 1.82) is 5.41 Å². The minimum Gasteiger partial charge on any atom is -0.385 e. The third-order valence-electron chi connectivity index (χ3n) is 3.05. The van der Waals surface area contributed by atoms with Crippen LogP contribution in [0.4, 0.5) is 0 Å². The molecule has 0 aromatic carbocycles. The molecule has 0 aliphatic heterocycles. The van der Waals surface area contributed by atoms with Crippen molar-refractivity contribution in [2.45, 2.75) is 18.4 Å². The Hall–Kier alpha value is -1.09. The molecule has 0 spiro atoms. The summed E-state index contributed by atoms with van der Waals surface area (Å²) in [7, 11) is 0. The van der Waals surface area contributed by atoms with Gasteiger partial charge in [0.1, 0.15) is 11.4 Å². The first-order chi connectivity index (χ1) is 6.14. The first kappa shape index (κ1) is 8.51. The molecule has 69 valence electrons. The number of hydrogen-bond acceptors (Lipinski definition) is 2. The summed E-state index contributed by atoms with van der Waals surface area (Å²) < 4.78 is 0. The van der Waals surface area contributed by atoms with Crippen LogP contribution in [-0.2, 0) is 0 Å². The van der Waals surface area contributed by atoms with Crippen molar-refractivity contribution in [3.8, 4) is 0 Å². The lowest BCUT2D eigenvalue weighted by molar-refractivity contribution is 0.0820. The molecule has 1 fully saturated rings. The SMILES string of the molecule is N=C(N)C1(O)CCC2C=[C]C=CC21. The minimum absolute atomic E-state index is 0.0220. The van der Waals surface area contributed by atoms with Crippen LogP contribution in [0, 0.1) is 23.3 Å². The van der Waals surface area contributed by atoms with Crippen LogP contribution < -0.4 is 5.73 Å². The number of nitrogens with one attached hydrogen (secondary N) is 1. The molecule has 0 aromatic heterocycles. The Morgan fingerprint density at radius 3 is 3.15 bits per heavy atom. The monoisotopic (exact) mass is 177 g/mol. The molecule has 3 unspecified atom stereocenters. The summed E-state index contributed by atoms with van der Waals surface area (Å²) in [6.07, 6.45) is 10.1. The van der Waals surface area contributed by atoms with Gasteiger partial charge in [-0.05, 0) is 24.8 Å². The van der Waals surface area contributed by atoms with Gasteiger partial charge in [-0.3, -0.25) is 5.41 Å². The fourth-order valence-corrected chi connectivity index (χ4v) is 2.23. The van der Waals surface area contributed by atoms with Gasteiger partial charge in [0.2, 0.25) is 0 Å². The van der Waals surface area contributed by atoms with Crippen molar-refractivity contribution in [3.63, 3.8) is 0 Å². The molecule has 3 nitrogen and oxygen atoms in total. The second-order valence-corrected chi connectivity index (χ2v) is 3.76. The minimum atomic E-state index is -1.11. The summed E-state index contributed by atoms with van der Waals surface area (Å²) >= 11 is 0. The van der Waals surface area contributed by atoms with Crippen LogP contribution in [0.2, 0.25) is 0 Å². The molecule has 4 N–H and O–H groups in total. The van der Waals surface area contributed by atoms with Crippen LogP contribution in [0.25, 0.3) is 0 Å². The maximum absolute atomic E-state index is 10.1. The zero-order valence-corrected chi connectivity index (χ0v) is 7.33. The molecule has 1 saturated carbocycles. The fraction of sp³-hybridized carbons (Fsp3) is 0.500. The van der Waals surface area contributed by atoms with Crippen molar-refractivity contribution < 1.29 is 5.11 Å². The Bertz CT molecular complexity index is 295. The van der Waals surface area contributed by atoms with E-state index in [1.54, 1.807) is 6.08 Å². The Kier molecular flexibility index (Phi) is 1.77. The van der Waals surface area contributed by atoms with Gasteiger partial charge in [0.05, 0.1) is 0 Å². The van der Waals surface area contributed by atoms with Crippen LogP contribution in [0.5, 0.6) is 0 Å². The van der Waals surface area contributed by atoms with Gasteiger partial charge in [0.15, 0.2) is 0 Å². The molecular weight excluding hydrogens is 164 g/mol. The van der Waals surface area contributed by atoms with E-state index in [9.17, 15) is 5.11 Å². The van der Waals surface area contributed by atoms with Crippen molar-refractivity contribution in [3.05, 3.63) is 24.3 Å². The van der Waals surface area contributed by atoms with Crippen LogP contribution in [-0.4, -0.2) is 16.5 Å². The largest absolute Gasteiger partial charge is 0.385 e. The van der Waals surface area contributed by atoms with E-state index in [2.05, 4.69) is 6.08 Å². The van der Waals surface area contributed by atoms with Gasteiger partial charge in [-0.1, -0.05) is 18.2 Å². The van der Waals surface area contributed by atoms with E-state index in [0.717, 1.165) is 6.42 Å². The molecule has 3 atom stereocenters. The molecule has 2 rings (SSSR count). The molecule has 0 saturated heterocycles. The summed E-state index contributed by atoms with van der Waals surface area (Å²) in [6, 6.07) is 0. The first-order valence-electron chi connectivity index (χ1n) is 4.47. The van der Waals surface area contributed by atoms with Crippen LogP contribution in [0.1, 0.15) is 12.8 Å². The molecule has 0 heterocycles. The first-order valence-corrected chi connectivity index (χ1v) is 4.47. The van der Waals surface area contributed by atoms with Gasteiger partial charge < -0.3 is 10.8 Å². The highest BCUT2D eigenvalue weighted by Gasteiger charge is 2.47. The molecule has 0 bridgehead atoms. The summed E-state index contributed by atoms with van der Waals surface area (Å²) in [5.41, 5.74) is 4.29. The average Bonchev–Trinajstić information content (AvgIpc) is 2.47. The van der Waals surface area contributed by atoms with Crippen molar-refractivity contribution in [2.24, 2.45) is 17.6 Å². The zero-order chi connectivity index (χ0) is 9.47. The van der Waals surface area contributed by atoms with Gasteiger partial charge in [0.25, 0.3) is 0 Å². The third kappa shape index (κ3) is 1.11. The maximum atomic E-state index is 10.1. The molecular formula is C10H13N2O. The summed E-state index contributed by atoms with van der Waals surface area (Å²) in [6.45, 7) is 0. The highest BCUT2D eigenvalue weighted by Crippen LogP contribution is 2.43. The number of allylic oxidation sites excluding steroid dienone is 3. The van der Waals surface area contributed by atoms with Gasteiger partial charge in [-0.25, -0.2) is 0 Å². The number of rotatable bonds is 1. The quantitative estimate of drug-likeness (QED) is 0.405. The molecule has 3 heteroatoms. The molecule has 2 aliphatic rings. The Labute approximate surface area is 77.5 Å². The van der Waals surface area contributed by atoms with Crippen LogP contribution >= 0.6 is 0 Å². The summed E-state index contributed by atoms with van der Waals surface area (Å²) in [5.74, 6) is 0.171. The van der Waals surface area contributed by atoms with Gasteiger partial charge in [-0.2, -0.15) is 0 Å². The number of amidine groups is 1. The van der Waals surface area contributed by atoms with E-state index in [1.165, 1.54) is 0 Å².